The molecule has 3 unspecified atom stereocenters. The Morgan fingerprint density at radius 1 is 1.53 bits per heavy atom. The molecule has 1 aliphatic rings. The standard InChI is InChI=1S/C13H20N2/c1-4-11-5-7-12(8-6-11)9-13(14)10(2)15-3/h4-5,7,11-13H,1-3,6,8-9,14H2. The molecule has 0 aromatic rings. The zero-order chi connectivity index (χ0) is 11.3. The molecular formula is C13H20N2. The van der Waals surface area contributed by atoms with Gasteiger partial charge in [0.1, 0.15) is 0 Å². The van der Waals surface area contributed by atoms with Gasteiger partial charge in [0.2, 0.25) is 0 Å². The Balaban J connectivity index is 2.44. The fraction of sp³-hybridized carbons (Fsp3) is 0.462. The molecule has 82 valence electrons. The molecule has 2 N–H and O–H groups in total. The van der Waals surface area contributed by atoms with Crippen molar-refractivity contribution in [3.05, 3.63) is 37.1 Å². The third kappa shape index (κ3) is 3.48. The lowest BCUT2D eigenvalue weighted by Crippen LogP contribution is -2.25. The van der Waals surface area contributed by atoms with Crippen molar-refractivity contribution in [3.63, 3.8) is 0 Å². The van der Waals surface area contributed by atoms with Gasteiger partial charge in [0, 0.05) is 11.7 Å². The van der Waals surface area contributed by atoms with Crippen LogP contribution in [0, 0.1) is 11.8 Å². The number of hydrogen-bond acceptors (Lipinski definition) is 2. The third-order valence-corrected chi connectivity index (χ3v) is 2.99. The first-order valence-electron chi connectivity index (χ1n) is 5.39. The number of nitrogens with two attached hydrogens (primary N) is 1. The maximum absolute atomic E-state index is 5.94. The summed E-state index contributed by atoms with van der Waals surface area (Å²) in [6.07, 6.45) is 9.72. The van der Waals surface area contributed by atoms with Gasteiger partial charge in [-0.1, -0.05) is 24.8 Å². The quantitative estimate of drug-likeness (QED) is 0.542. The Bertz CT molecular complexity index is 278. The van der Waals surface area contributed by atoms with E-state index in [0.717, 1.165) is 6.42 Å². The number of aliphatic imine (C=N–C) groups is 1. The topological polar surface area (TPSA) is 38.4 Å². The van der Waals surface area contributed by atoms with Crippen molar-refractivity contribution in [3.8, 4) is 0 Å². The lowest BCUT2D eigenvalue weighted by Gasteiger charge is -2.23. The van der Waals surface area contributed by atoms with E-state index < -0.39 is 0 Å². The van der Waals surface area contributed by atoms with Crippen LogP contribution < -0.4 is 5.73 Å². The third-order valence-electron chi connectivity index (χ3n) is 2.99. The van der Waals surface area contributed by atoms with E-state index in [2.05, 4.69) is 37.0 Å². The van der Waals surface area contributed by atoms with Crippen LogP contribution in [0.3, 0.4) is 0 Å². The maximum Gasteiger partial charge on any atom is 0.0492 e. The van der Waals surface area contributed by atoms with Gasteiger partial charge >= 0.3 is 0 Å². The molecule has 2 nitrogen and oxygen atoms in total. The van der Waals surface area contributed by atoms with E-state index in [9.17, 15) is 0 Å². The summed E-state index contributed by atoms with van der Waals surface area (Å²) >= 11 is 0. The van der Waals surface area contributed by atoms with Gasteiger partial charge in [0.05, 0.1) is 0 Å². The average molecular weight is 204 g/mol. The lowest BCUT2D eigenvalue weighted by molar-refractivity contribution is 0.449. The van der Waals surface area contributed by atoms with Crippen LogP contribution in [0.15, 0.2) is 42.1 Å². The minimum atomic E-state index is -0.0579. The molecule has 3 atom stereocenters. The minimum absolute atomic E-state index is 0.0579. The Labute approximate surface area is 92.3 Å². The number of hydrogen-bond donors (Lipinski definition) is 1. The van der Waals surface area contributed by atoms with E-state index in [1.165, 1.54) is 12.8 Å². The van der Waals surface area contributed by atoms with Crippen LogP contribution in [0.25, 0.3) is 0 Å². The normalized spacial score (nSPS) is 27.0. The summed E-state index contributed by atoms with van der Waals surface area (Å²) in [4.78, 5) is 3.78. The van der Waals surface area contributed by atoms with Crippen molar-refractivity contribution in [2.24, 2.45) is 22.6 Å². The summed E-state index contributed by atoms with van der Waals surface area (Å²) in [5.41, 5.74) is 6.63. The Morgan fingerprint density at radius 2 is 2.27 bits per heavy atom. The van der Waals surface area contributed by atoms with E-state index >= 15 is 0 Å². The van der Waals surface area contributed by atoms with E-state index in [-0.39, 0.29) is 6.04 Å². The number of allylic oxidation sites excluding steroid dienone is 3. The van der Waals surface area contributed by atoms with Crippen molar-refractivity contribution < 1.29 is 0 Å². The van der Waals surface area contributed by atoms with Crippen molar-refractivity contribution in [2.45, 2.75) is 25.3 Å². The van der Waals surface area contributed by atoms with Crippen LogP contribution >= 0.6 is 0 Å². The Hall–Kier alpha value is -1.15. The molecule has 2 heteroatoms. The summed E-state index contributed by atoms with van der Waals surface area (Å²) in [5.74, 6) is 1.09. The zero-order valence-electron chi connectivity index (χ0n) is 9.23. The number of rotatable bonds is 5. The van der Waals surface area contributed by atoms with E-state index in [0.29, 0.717) is 17.5 Å². The summed E-state index contributed by atoms with van der Waals surface area (Å²) in [7, 11) is 0. The van der Waals surface area contributed by atoms with Crippen molar-refractivity contribution in [1.29, 1.82) is 0 Å². The average Bonchev–Trinajstić information content (AvgIpc) is 2.29. The highest BCUT2D eigenvalue weighted by molar-refractivity contribution is 5.29. The molecular weight excluding hydrogens is 184 g/mol. The van der Waals surface area contributed by atoms with E-state index in [4.69, 9.17) is 5.73 Å². The molecule has 1 aliphatic carbocycles. The predicted octanol–water partition coefficient (Wildman–Crippen LogP) is 2.69. The molecule has 0 heterocycles. The van der Waals surface area contributed by atoms with Gasteiger partial charge in [0.15, 0.2) is 0 Å². The van der Waals surface area contributed by atoms with Crippen LogP contribution in [-0.4, -0.2) is 12.8 Å². The lowest BCUT2D eigenvalue weighted by atomic mass is 9.85. The first-order chi connectivity index (χ1) is 7.17. The first-order valence-corrected chi connectivity index (χ1v) is 5.39. The van der Waals surface area contributed by atoms with Gasteiger partial charge in [-0.2, -0.15) is 0 Å². The molecule has 0 saturated carbocycles. The van der Waals surface area contributed by atoms with Gasteiger partial charge in [-0.15, -0.1) is 6.58 Å². The molecule has 0 saturated heterocycles. The van der Waals surface area contributed by atoms with Crippen molar-refractivity contribution in [1.82, 2.24) is 0 Å². The Morgan fingerprint density at radius 3 is 2.73 bits per heavy atom. The predicted molar refractivity (Wildman–Crippen MR) is 66.8 cm³/mol. The van der Waals surface area contributed by atoms with Gasteiger partial charge in [-0.05, 0) is 37.8 Å². The summed E-state index contributed by atoms with van der Waals surface area (Å²) in [5, 5.41) is 0. The fourth-order valence-corrected chi connectivity index (χ4v) is 1.87. The molecule has 0 aromatic heterocycles. The molecule has 0 amide bonds. The Kier molecular flexibility index (Phi) is 4.50. The van der Waals surface area contributed by atoms with Gasteiger partial charge in [-0.3, -0.25) is 4.99 Å². The van der Waals surface area contributed by atoms with Crippen LogP contribution in [0.2, 0.25) is 0 Å². The fourth-order valence-electron chi connectivity index (χ4n) is 1.87. The van der Waals surface area contributed by atoms with Crippen LogP contribution in [0.5, 0.6) is 0 Å². The SMILES string of the molecule is C=CC1C=CC(CC(N)C(=C)N=C)CC1. The second-order valence-electron chi connectivity index (χ2n) is 4.11. The van der Waals surface area contributed by atoms with Crippen molar-refractivity contribution >= 4 is 6.72 Å². The summed E-state index contributed by atoms with van der Waals surface area (Å²) < 4.78 is 0. The molecule has 0 aromatic carbocycles. The molecule has 15 heavy (non-hydrogen) atoms. The van der Waals surface area contributed by atoms with Crippen LogP contribution in [0.1, 0.15) is 19.3 Å². The van der Waals surface area contributed by atoms with E-state index in [1.54, 1.807) is 0 Å². The number of nitrogens with zero attached hydrogens (tertiary/aromatic N) is 1. The van der Waals surface area contributed by atoms with Gasteiger partial charge in [0.25, 0.3) is 0 Å². The molecule has 0 aliphatic heterocycles. The molecule has 1 rings (SSSR count). The second-order valence-corrected chi connectivity index (χ2v) is 4.11. The van der Waals surface area contributed by atoms with Crippen LogP contribution in [0.4, 0.5) is 0 Å². The van der Waals surface area contributed by atoms with Crippen LogP contribution in [-0.2, 0) is 0 Å². The highest BCUT2D eigenvalue weighted by Crippen LogP contribution is 2.26. The van der Waals surface area contributed by atoms with Crippen molar-refractivity contribution in [2.75, 3.05) is 0 Å². The smallest absolute Gasteiger partial charge is 0.0492 e. The molecule has 0 spiro atoms. The summed E-state index contributed by atoms with van der Waals surface area (Å²) in [6, 6.07) is -0.0579. The second kappa shape index (κ2) is 5.66. The monoisotopic (exact) mass is 204 g/mol. The van der Waals surface area contributed by atoms with Gasteiger partial charge < -0.3 is 5.73 Å². The maximum atomic E-state index is 5.94. The molecule has 0 bridgehead atoms. The van der Waals surface area contributed by atoms with Gasteiger partial charge in [-0.25, -0.2) is 0 Å². The highest BCUT2D eigenvalue weighted by atomic mass is 14.8. The molecule has 0 fully saturated rings. The zero-order valence-corrected chi connectivity index (χ0v) is 9.23. The minimum Gasteiger partial charge on any atom is -0.323 e. The van der Waals surface area contributed by atoms with E-state index in [1.807, 2.05) is 6.08 Å². The molecule has 0 radical (unpaired) electrons. The first kappa shape index (κ1) is 11.9. The highest BCUT2D eigenvalue weighted by Gasteiger charge is 2.17. The summed E-state index contributed by atoms with van der Waals surface area (Å²) in [6.45, 7) is 11.0. The largest absolute Gasteiger partial charge is 0.323 e.